The van der Waals surface area contributed by atoms with Gasteiger partial charge in [0.15, 0.2) is 5.82 Å². The molecule has 1 atom stereocenters. The summed E-state index contributed by atoms with van der Waals surface area (Å²) in [5.74, 6) is 1.05. The van der Waals surface area contributed by atoms with Crippen LogP contribution in [0.3, 0.4) is 0 Å². The molecule has 4 rings (SSSR count). The number of carbonyl (C=O) groups is 1. The lowest BCUT2D eigenvalue weighted by Gasteiger charge is -2.32. The number of carbonyl (C=O) groups excluding carboxylic acids is 1. The first-order valence-corrected chi connectivity index (χ1v) is 8.47. The highest BCUT2D eigenvalue weighted by molar-refractivity contribution is 5.94. The lowest BCUT2D eigenvalue weighted by molar-refractivity contribution is 0.0705. The Kier molecular flexibility index (Phi) is 4.05. The summed E-state index contributed by atoms with van der Waals surface area (Å²) in [7, 11) is 0. The second-order valence-corrected chi connectivity index (χ2v) is 6.41. The standard InChI is InChI=1S/C18H20N6O/c1-13-10-20-22-17(13)15-4-2-8-23(12-15)18(25)14-5-6-16(19-11-14)24-9-3-7-21-24/h3,5-7,9-11,15H,2,4,8,12H2,1H3,(H,20,22). The van der Waals surface area contributed by atoms with E-state index >= 15 is 0 Å². The molecule has 1 unspecified atom stereocenters. The van der Waals surface area contributed by atoms with E-state index in [-0.39, 0.29) is 5.91 Å². The molecule has 7 nitrogen and oxygen atoms in total. The third-order valence-electron chi connectivity index (χ3n) is 4.72. The topological polar surface area (TPSA) is 79.7 Å². The van der Waals surface area contributed by atoms with Gasteiger partial charge in [0.2, 0.25) is 0 Å². The summed E-state index contributed by atoms with van der Waals surface area (Å²) >= 11 is 0. The van der Waals surface area contributed by atoms with Crippen LogP contribution in [0.4, 0.5) is 0 Å². The van der Waals surface area contributed by atoms with Crippen molar-refractivity contribution in [1.29, 1.82) is 0 Å². The fraction of sp³-hybridized carbons (Fsp3) is 0.333. The summed E-state index contributed by atoms with van der Waals surface area (Å²) in [5, 5.41) is 11.3. The summed E-state index contributed by atoms with van der Waals surface area (Å²) in [6.45, 7) is 3.55. The fourth-order valence-electron chi connectivity index (χ4n) is 3.40. The predicted molar refractivity (Wildman–Crippen MR) is 92.6 cm³/mol. The van der Waals surface area contributed by atoms with E-state index in [1.165, 1.54) is 0 Å². The second-order valence-electron chi connectivity index (χ2n) is 6.41. The van der Waals surface area contributed by atoms with E-state index in [0.717, 1.165) is 30.6 Å². The van der Waals surface area contributed by atoms with E-state index in [2.05, 4.69) is 27.2 Å². The Hall–Kier alpha value is -2.96. The monoisotopic (exact) mass is 336 g/mol. The molecule has 1 amide bonds. The smallest absolute Gasteiger partial charge is 0.255 e. The Balaban J connectivity index is 1.49. The number of nitrogens with zero attached hydrogens (tertiary/aromatic N) is 5. The molecule has 3 aromatic heterocycles. The molecule has 0 saturated carbocycles. The highest BCUT2D eigenvalue weighted by atomic mass is 16.2. The summed E-state index contributed by atoms with van der Waals surface area (Å²) in [6.07, 6.45) is 9.06. The largest absolute Gasteiger partial charge is 0.338 e. The number of aromatic amines is 1. The molecule has 0 spiro atoms. The van der Waals surface area contributed by atoms with E-state index in [1.54, 1.807) is 17.1 Å². The summed E-state index contributed by atoms with van der Waals surface area (Å²) in [5.41, 5.74) is 2.91. The average Bonchev–Trinajstić information content (AvgIpc) is 3.33. The van der Waals surface area contributed by atoms with Crippen LogP contribution in [0.2, 0.25) is 0 Å². The SMILES string of the molecule is Cc1cn[nH]c1C1CCCN(C(=O)c2ccc(-n3cccn3)nc2)C1. The van der Waals surface area contributed by atoms with Crippen molar-refractivity contribution in [3.05, 3.63) is 59.8 Å². The van der Waals surface area contributed by atoms with Gasteiger partial charge in [0.05, 0.1) is 11.8 Å². The van der Waals surface area contributed by atoms with Crippen LogP contribution in [0.25, 0.3) is 5.82 Å². The summed E-state index contributed by atoms with van der Waals surface area (Å²) < 4.78 is 1.67. The summed E-state index contributed by atoms with van der Waals surface area (Å²) in [4.78, 5) is 19.1. The molecule has 1 saturated heterocycles. The maximum Gasteiger partial charge on any atom is 0.255 e. The number of hydrogen-bond donors (Lipinski definition) is 1. The highest BCUT2D eigenvalue weighted by Gasteiger charge is 2.27. The van der Waals surface area contributed by atoms with Crippen molar-refractivity contribution >= 4 is 5.91 Å². The Morgan fingerprint density at radius 3 is 2.92 bits per heavy atom. The second kappa shape index (κ2) is 6.51. The molecule has 4 heterocycles. The number of nitrogens with one attached hydrogen (secondary N) is 1. The van der Waals surface area contributed by atoms with Crippen LogP contribution in [0.5, 0.6) is 0 Å². The number of amides is 1. The molecular formula is C18H20N6O. The van der Waals surface area contributed by atoms with Gasteiger partial charge in [0.1, 0.15) is 0 Å². The van der Waals surface area contributed by atoms with Gasteiger partial charge in [-0.3, -0.25) is 9.89 Å². The van der Waals surface area contributed by atoms with Crippen LogP contribution >= 0.6 is 0 Å². The van der Waals surface area contributed by atoms with Crippen LogP contribution in [0.1, 0.15) is 40.4 Å². The van der Waals surface area contributed by atoms with E-state index in [1.807, 2.05) is 35.5 Å². The van der Waals surface area contributed by atoms with Gasteiger partial charge in [-0.1, -0.05) is 0 Å². The van der Waals surface area contributed by atoms with Gasteiger partial charge < -0.3 is 4.90 Å². The zero-order chi connectivity index (χ0) is 17.2. The van der Waals surface area contributed by atoms with Crippen LogP contribution < -0.4 is 0 Å². The van der Waals surface area contributed by atoms with Crippen molar-refractivity contribution in [2.24, 2.45) is 0 Å². The molecule has 1 aliphatic rings. The third kappa shape index (κ3) is 3.05. The van der Waals surface area contributed by atoms with Gasteiger partial charge in [-0.2, -0.15) is 10.2 Å². The zero-order valence-corrected chi connectivity index (χ0v) is 14.1. The number of likely N-dealkylation sites (tertiary alicyclic amines) is 1. The molecule has 7 heteroatoms. The van der Waals surface area contributed by atoms with E-state index in [0.29, 0.717) is 23.8 Å². The van der Waals surface area contributed by atoms with Crippen LogP contribution in [0.15, 0.2) is 43.0 Å². The first-order chi connectivity index (χ1) is 12.2. The minimum Gasteiger partial charge on any atom is -0.338 e. The van der Waals surface area contributed by atoms with Gasteiger partial charge >= 0.3 is 0 Å². The number of piperidine rings is 1. The molecule has 0 radical (unpaired) electrons. The van der Waals surface area contributed by atoms with Gasteiger partial charge in [0, 0.05) is 43.3 Å². The van der Waals surface area contributed by atoms with Crippen molar-refractivity contribution in [2.75, 3.05) is 13.1 Å². The lowest BCUT2D eigenvalue weighted by atomic mass is 9.92. The van der Waals surface area contributed by atoms with Crippen molar-refractivity contribution in [3.63, 3.8) is 0 Å². The van der Waals surface area contributed by atoms with Gasteiger partial charge in [-0.05, 0) is 43.5 Å². The number of rotatable bonds is 3. The first kappa shape index (κ1) is 15.6. The molecule has 3 aromatic rings. The molecule has 0 aromatic carbocycles. The molecular weight excluding hydrogens is 316 g/mol. The van der Waals surface area contributed by atoms with Crippen molar-refractivity contribution in [2.45, 2.75) is 25.7 Å². The Bertz CT molecular complexity index is 852. The minimum atomic E-state index is 0.0291. The molecule has 0 aliphatic carbocycles. The van der Waals surface area contributed by atoms with E-state index in [9.17, 15) is 4.79 Å². The molecule has 0 bridgehead atoms. The van der Waals surface area contributed by atoms with E-state index < -0.39 is 0 Å². The number of aryl methyl sites for hydroxylation is 1. The lowest BCUT2D eigenvalue weighted by Crippen LogP contribution is -2.39. The van der Waals surface area contributed by atoms with Crippen molar-refractivity contribution in [1.82, 2.24) is 29.9 Å². The Morgan fingerprint density at radius 1 is 1.32 bits per heavy atom. The molecule has 1 N–H and O–H groups in total. The predicted octanol–water partition coefficient (Wildman–Crippen LogP) is 2.32. The Morgan fingerprint density at radius 2 is 2.24 bits per heavy atom. The minimum absolute atomic E-state index is 0.0291. The highest BCUT2D eigenvalue weighted by Crippen LogP contribution is 2.28. The average molecular weight is 336 g/mol. The number of hydrogen-bond acceptors (Lipinski definition) is 4. The third-order valence-corrected chi connectivity index (χ3v) is 4.72. The molecule has 1 aliphatic heterocycles. The number of aromatic nitrogens is 5. The molecule has 25 heavy (non-hydrogen) atoms. The van der Waals surface area contributed by atoms with Gasteiger partial charge in [-0.15, -0.1) is 0 Å². The zero-order valence-electron chi connectivity index (χ0n) is 14.1. The number of H-pyrrole nitrogens is 1. The maximum atomic E-state index is 12.8. The fourth-order valence-corrected chi connectivity index (χ4v) is 3.40. The Labute approximate surface area is 145 Å². The quantitative estimate of drug-likeness (QED) is 0.796. The van der Waals surface area contributed by atoms with E-state index in [4.69, 9.17) is 0 Å². The van der Waals surface area contributed by atoms with Crippen LogP contribution in [0, 0.1) is 6.92 Å². The first-order valence-electron chi connectivity index (χ1n) is 8.47. The van der Waals surface area contributed by atoms with Crippen LogP contribution in [-0.4, -0.2) is 48.9 Å². The molecule has 128 valence electrons. The van der Waals surface area contributed by atoms with Crippen molar-refractivity contribution in [3.8, 4) is 5.82 Å². The van der Waals surface area contributed by atoms with Crippen LogP contribution in [-0.2, 0) is 0 Å². The normalized spacial score (nSPS) is 17.6. The van der Waals surface area contributed by atoms with Gasteiger partial charge in [-0.25, -0.2) is 9.67 Å². The maximum absolute atomic E-state index is 12.8. The molecule has 1 fully saturated rings. The van der Waals surface area contributed by atoms with Crippen molar-refractivity contribution < 1.29 is 4.79 Å². The van der Waals surface area contributed by atoms with Gasteiger partial charge in [0.25, 0.3) is 5.91 Å². The number of pyridine rings is 1. The summed E-state index contributed by atoms with van der Waals surface area (Å²) in [6, 6.07) is 5.48.